The largest absolute Gasteiger partial charge is 0.495 e. The van der Waals surface area contributed by atoms with Crippen molar-refractivity contribution >= 4 is 26.6 Å². The third-order valence-electron chi connectivity index (χ3n) is 5.02. The van der Waals surface area contributed by atoms with Gasteiger partial charge in [-0.15, -0.1) is 0 Å². The average molecular weight is 388 g/mol. The van der Waals surface area contributed by atoms with E-state index in [1.165, 1.54) is 30.8 Å². The number of anilines is 1. The van der Waals surface area contributed by atoms with Gasteiger partial charge in [0, 0.05) is 24.7 Å². The van der Waals surface area contributed by atoms with E-state index in [2.05, 4.69) is 4.90 Å². The zero-order valence-electron chi connectivity index (χ0n) is 15.1. The van der Waals surface area contributed by atoms with E-state index in [9.17, 15) is 12.8 Å². The Hall–Kier alpha value is -2.54. The topological polar surface area (TPSA) is 51.5 Å². The lowest BCUT2D eigenvalue weighted by atomic mass is 10.1. The van der Waals surface area contributed by atoms with Gasteiger partial charge in [-0.2, -0.15) is 0 Å². The second kappa shape index (κ2) is 6.88. The van der Waals surface area contributed by atoms with Gasteiger partial charge in [0.15, 0.2) is 0 Å². The molecule has 0 bridgehead atoms. The number of halogens is 1. The second-order valence-corrected chi connectivity index (χ2v) is 8.52. The van der Waals surface area contributed by atoms with Crippen molar-refractivity contribution in [3.05, 3.63) is 54.5 Å². The third kappa shape index (κ3) is 3.16. The molecule has 0 atom stereocenters. The first-order valence-corrected chi connectivity index (χ1v) is 10.4. The van der Waals surface area contributed by atoms with Crippen LogP contribution >= 0.6 is 0 Å². The molecule has 1 saturated heterocycles. The minimum atomic E-state index is -3.86. The Balaban J connectivity index is 1.82. The molecule has 0 N–H and O–H groups in total. The maximum absolute atomic E-state index is 13.7. The summed E-state index contributed by atoms with van der Waals surface area (Å²) in [6.07, 6.45) is 4.78. The summed E-state index contributed by atoms with van der Waals surface area (Å²) in [7, 11) is -2.27. The van der Waals surface area contributed by atoms with Crippen molar-refractivity contribution in [2.75, 3.05) is 25.1 Å². The Bertz CT molecular complexity index is 1090. The number of rotatable bonds is 4. The van der Waals surface area contributed by atoms with Crippen molar-refractivity contribution in [3.63, 3.8) is 0 Å². The van der Waals surface area contributed by atoms with Crippen LogP contribution in [0, 0.1) is 5.82 Å². The lowest BCUT2D eigenvalue weighted by molar-refractivity contribution is 0.412. The molecule has 5 nitrogen and oxygen atoms in total. The van der Waals surface area contributed by atoms with E-state index in [0.717, 1.165) is 35.6 Å². The fourth-order valence-electron chi connectivity index (χ4n) is 3.61. The van der Waals surface area contributed by atoms with Gasteiger partial charge in [-0.3, -0.25) is 0 Å². The van der Waals surface area contributed by atoms with E-state index in [1.54, 1.807) is 31.4 Å². The van der Waals surface area contributed by atoms with E-state index < -0.39 is 15.8 Å². The number of fused-ring (bicyclic) bond motifs is 1. The Labute approximate surface area is 158 Å². The van der Waals surface area contributed by atoms with Crippen LogP contribution in [0.3, 0.4) is 0 Å². The van der Waals surface area contributed by atoms with Gasteiger partial charge in [-0.05, 0) is 61.7 Å². The molecule has 0 aliphatic carbocycles. The molecule has 142 valence electrons. The van der Waals surface area contributed by atoms with Crippen LogP contribution in [0.25, 0.3) is 10.9 Å². The molecule has 7 heteroatoms. The third-order valence-corrected chi connectivity index (χ3v) is 6.71. The quantitative estimate of drug-likeness (QED) is 0.678. The highest BCUT2D eigenvalue weighted by Crippen LogP contribution is 2.34. The molecule has 0 saturated carbocycles. The van der Waals surface area contributed by atoms with Crippen LogP contribution in [0.1, 0.15) is 19.3 Å². The molecule has 1 aromatic heterocycles. The lowest BCUT2D eigenvalue weighted by Crippen LogP contribution is -2.30. The lowest BCUT2D eigenvalue weighted by Gasteiger charge is -2.30. The van der Waals surface area contributed by atoms with Crippen LogP contribution < -0.4 is 9.64 Å². The molecule has 4 rings (SSSR count). The van der Waals surface area contributed by atoms with E-state index in [-0.39, 0.29) is 4.90 Å². The molecule has 27 heavy (non-hydrogen) atoms. The predicted molar refractivity (Wildman–Crippen MR) is 104 cm³/mol. The van der Waals surface area contributed by atoms with E-state index in [1.807, 2.05) is 0 Å². The number of hydrogen-bond donors (Lipinski definition) is 0. The maximum atomic E-state index is 13.7. The zero-order valence-corrected chi connectivity index (χ0v) is 15.9. The van der Waals surface area contributed by atoms with Gasteiger partial charge < -0.3 is 9.64 Å². The fraction of sp³-hybridized carbons (Fsp3) is 0.300. The Morgan fingerprint density at radius 2 is 1.78 bits per heavy atom. The van der Waals surface area contributed by atoms with Crippen molar-refractivity contribution in [1.82, 2.24) is 3.97 Å². The van der Waals surface area contributed by atoms with Crippen molar-refractivity contribution in [3.8, 4) is 5.75 Å². The molecular formula is C20H21FN2O3S. The van der Waals surface area contributed by atoms with Crippen molar-refractivity contribution < 1.29 is 17.5 Å². The minimum Gasteiger partial charge on any atom is -0.495 e. The van der Waals surface area contributed by atoms with Crippen molar-refractivity contribution in [2.45, 2.75) is 24.2 Å². The summed E-state index contributed by atoms with van der Waals surface area (Å²) in [4.78, 5) is 2.32. The molecule has 0 spiro atoms. The van der Waals surface area contributed by atoms with E-state index >= 15 is 0 Å². The van der Waals surface area contributed by atoms with Crippen molar-refractivity contribution in [2.24, 2.45) is 0 Å². The minimum absolute atomic E-state index is 0.158. The van der Waals surface area contributed by atoms with Crippen LogP contribution in [0.15, 0.2) is 53.6 Å². The number of nitrogens with zero attached hydrogens (tertiary/aromatic N) is 2. The normalized spacial score (nSPS) is 15.3. The number of piperidine rings is 1. The molecule has 2 heterocycles. The average Bonchev–Trinajstić information content (AvgIpc) is 3.12. The second-order valence-electron chi connectivity index (χ2n) is 6.70. The van der Waals surface area contributed by atoms with Crippen LogP contribution in [0.5, 0.6) is 5.75 Å². The Kier molecular flexibility index (Phi) is 4.55. The van der Waals surface area contributed by atoms with Gasteiger partial charge in [0.2, 0.25) is 0 Å². The molecule has 1 aliphatic heterocycles. The van der Waals surface area contributed by atoms with Gasteiger partial charge in [-0.25, -0.2) is 16.8 Å². The van der Waals surface area contributed by atoms with Crippen LogP contribution in [-0.4, -0.2) is 32.6 Å². The van der Waals surface area contributed by atoms with Crippen LogP contribution in [-0.2, 0) is 10.0 Å². The highest BCUT2D eigenvalue weighted by atomic mass is 32.2. The van der Waals surface area contributed by atoms with Gasteiger partial charge in [0.05, 0.1) is 23.2 Å². The fourth-order valence-corrected chi connectivity index (χ4v) is 4.98. The summed E-state index contributed by atoms with van der Waals surface area (Å²) in [6.45, 7) is 1.75. The molecule has 0 radical (unpaired) electrons. The van der Waals surface area contributed by atoms with Crippen molar-refractivity contribution in [1.29, 1.82) is 0 Å². The van der Waals surface area contributed by atoms with Gasteiger partial charge in [0.25, 0.3) is 10.0 Å². The molecule has 0 unspecified atom stereocenters. The number of hydrogen-bond acceptors (Lipinski definition) is 4. The number of methoxy groups -OCH3 is 1. The first-order chi connectivity index (χ1) is 13.0. The monoisotopic (exact) mass is 388 g/mol. The summed E-state index contributed by atoms with van der Waals surface area (Å²) < 4.78 is 46.7. The van der Waals surface area contributed by atoms with Gasteiger partial charge in [0.1, 0.15) is 11.6 Å². The Morgan fingerprint density at radius 1 is 1.00 bits per heavy atom. The van der Waals surface area contributed by atoms with Crippen LogP contribution in [0.4, 0.5) is 10.1 Å². The molecule has 1 fully saturated rings. The summed E-state index contributed by atoms with van der Waals surface area (Å²) >= 11 is 0. The summed E-state index contributed by atoms with van der Waals surface area (Å²) in [5.74, 6) is 0.181. The van der Waals surface area contributed by atoms with Gasteiger partial charge in [-0.1, -0.05) is 0 Å². The maximum Gasteiger partial charge on any atom is 0.268 e. The molecule has 3 aromatic rings. The smallest absolute Gasteiger partial charge is 0.268 e. The Morgan fingerprint density at radius 3 is 2.52 bits per heavy atom. The molecule has 2 aromatic carbocycles. The first kappa shape index (κ1) is 17.9. The summed E-state index contributed by atoms with van der Waals surface area (Å²) in [6, 6.07) is 10.7. The number of aromatic nitrogens is 1. The number of benzene rings is 2. The molecule has 1 aliphatic rings. The highest BCUT2D eigenvalue weighted by molar-refractivity contribution is 7.90. The summed E-state index contributed by atoms with van der Waals surface area (Å²) in [5, 5.41) is 0.671. The molecule has 0 amide bonds. The van der Waals surface area contributed by atoms with Crippen LogP contribution in [0.2, 0.25) is 0 Å². The number of ether oxygens (including phenoxy) is 1. The van der Waals surface area contributed by atoms with E-state index in [4.69, 9.17) is 4.74 Å². The zero-order chi connectivity index (χ0) is 19.0. The van der Waals surface area contributed by atoms with Gasteiger partial charge >= 0.3 is 0 Å². The first-order valence-electron chi connectivity index (χ1n) is 8.96. The standard InChI is InChI=1S/C20H21FN2O3S/c1-26-20-8-7-17(14-19(20)22-10-3-2-4-11-22)27(24,25)23-12-9-15-5-6-16(21)13-18(15)23/h5-9,12-14H,2-4,10-11H2,1H3. The SMILES string of the molecule is COc1ccc(S(=O)(=O)n2ccc3ccc(F)cc32)cc1N1CCCCC1. The molecular weight excluding hydrogens is 367 g/mol. The van der Waals surface area contributed by atoms with E-state index in [0.29, 0.717) is 16.7 Å². The summed E-state index contributed by atoms with van der Waals surface area (Å²) in [5.41, 5.74) is 1.10. The highest BCUT2D eigenvalue weighted by Gasteiger charge is 2.23. The predicted octanol–water partition coefficient (Wildman–Crippen LogP) is 4.02.